The van der Waals surface area contributed by atoms with E-state index in [9.17, 15) is 4.79 Å². The van der Waals surface area contributed by atoms with Crippen molar-refractivity contribution in [2.75, 3.05) is 23.0 Å². The number of benzene rings is 3. The standard InChI is InChI=1S/C32H35N5O3S/c1-5-18-41-32-35-31-33-22(4)28(30(38)34-26-12-7-8-13-27(26)39-6-2)29(37(31)36-32)24-10-9-11-25(19-24)40-20-23-16-14-21(3)15-17-23/h7-17,19,29H,5-6,18,20H2,1-4H3,(H,34,38)(H,33,35,36). The Morgan fingerprint density at radius 3 is 2.61 bits per heavy atom. The molecular formula is C32H35N5O3S. The van der Waals surface area contributed by atoms with Crippen LogP contribution in [0.3, 0.4) is 0 Å². The van der Waals surface area contributed by atoms with Crippen molar-refractivity contribution in [1.29, 1.82) is 0 Å². The van der Waals surface area contributed by atoms with E-state index in [0.717, 1.165) is 23.3 Å². The molecule has 0 saturated heterocycles. The topological polar surface area (TPSA) is 90.3 Å². The number of anilines is 2. The Morgan fingerprint density at radius 1 is 1.02 bits per heavy atom. The van der Waals surface area contributed by atoms with Crippen molar-refractivity contribution in [3.8, 4) is 11.5 Å². The van der Waals surface area contributed by atoms with Gasteiger partial charge in [-0.2, -0.15) is 4.98 Å². The zero-order valence-corrected chi connectivity index (χ0v) is 24.6. The van der Waals surface area contributed by atoms with Crippen LogP contribution in [0.2, 0.25) is 0 Å². The Morgan fingerprint density at radius 2 is 1.83 bits per heavy atom. The summed E-state index contributed by atoms with van der Waals surface area (Å²) in [4.78, 5) is 18.7. The molecule has 41 heavy (non-hydrogen) atoms. The number of allylic oxidation sites excluding steroid dienone is 1. The third-order valence-electron chi connectivity index (χ3n) is 6.65. The summed E-state index contributed by atoms with van der Waals surface area (Å²) in [7, 11) is 0. The summed E-state index contributed by atoms with van der Waals surface area (Å²) in [6.45, 7) is 8.94. The molecule has 0 bridgehead atoms. The molecule has 0 spiro atoms. The summed E-state index contributed by atoms with van der Waals surface area (Å²) in [5, 5.41) is 11.9. The van der Waals surface area contributed by atoms with Crippen LogP contribution < -0.4 is 20.1 Å². The first-order valence-electron chi connectivity index (χ1n) is 13.9. The Hall–Kier alpha value is -4.24. The number of hydrogen-bond acceptors (Lipinski definition) is 7. The van der Waals surface area contributed by atoms with Gasteiger partial charge in [0.15, 0.2) is 0 Å². The predicted octanol–water partition coefficient (Wildman–Crippen LogP) is 6.99. The van der Waals surface area contributed by atoms with E-state index >= 15 is 0 Å². The van der Waals surface area contributed by atoms with Crippen LogP contribution in [0.5, 0.6) is 11.5 Å². The van der Waals surface area contributed by atoms with Crippen LogP contribution in [0.25, 0.3) is 0 Å². The van der Waals surface area contributed by atoms with Crippen LogP contribution in [-0.2, 0) is 11.4 Å². The predicted molar refractivity (Wildman–Crippen MR) is 164 cm³/mol. The number of rotatable bonds is 11. The van der Waals surface area contributed by atoms with E-state index in [2.05, 4.69) is 48.7 Å². The van der Waals surface area contributed by atoms with Gasteiger partial charge in [0.25, 0.3) is 5.91 Å². The summed E-state index contributed by atoms with van der Waals surface area (Å²) < 4.78 is 13.7. The van der Waals surface area contributed by atoms with Gasteiger partial charge in [-0.3, -0.25) is 4.79 Å². The second-order valence-corrected chi connectivity index (χ2v) is 10.9. The fraction of sp³-hybridized carbons (Fsp3) is 0.281. The van der Waals surface area contributed by atoms with Crippen molar-refractivity contribution in [3.05, 3.63) is 101 Å². The molecule has 1 aliphatic rings. The minimum Gasteiger partial charge on any atom is -0.492 e. The summed E-state index contributed by atoms with van der Waals surface area (Å²) in [6.07, 6.45) is 1.01. The summed E-state index contributed by atoms with van der Waals surface area (Å²) in [6, 6.07) is 23.1. The molecule has 0 fully saturated rings. The van der Waals surface area contributed by atoms with E-state index in [1.165, 1.54) is 5.56 Å². The normalized spacial score (nSPS) is 14.3. The molecule has 5 rings (SSSR count). The first-order valence-corrected chi connectivity index (χ1v) is 14.8. The molecule has 212 valence electrons. The fourth-order valence-corrected chi connectivity index (χ4v) is 5.34. The lowest BCUT2D eigenvalue weighted by atomic mass is 9.94. The van der Waals surface area contributed by atoms with Crippen molar-refractivity contribution in [2.45, 2.75) is 51.9 Å². The van der Waals surface area contributed by atoms with Crippen LogP contribution in [0.1, 0.15) is 49.9 Å². The van der Waals surface area contributed by atoms with Gasteiger partial charge in [-0.05, 0) is 62.6 Å². The van der Waals surface area contributed by atoms with Gasteiger partial charge in [0.2, 0.25) is 11.1 Å². The number of fused-ring (bicyclic) bond motifs is 1. The Kier molecular flexibility index (Phi) is 8.94. The molecular weight excluding hydrogens is 534 g/mol. The van der Waals surface area contributed by atoms with Crippen molar-refractivity contribution >= 4 is 29.3 Å². The molecule has 1 aromatic heterocycles. The second-order valence-electron chi connectivity index (χ2n) is 9.81. The first-order chi connectivity index (χ1) is 20.0. The molecule has 9 heteroatoms. The highest BCUT2D eigenvalue weighted by molar-refractivity contribution is 7.99. The molecule has 8 nitrogen and oxygen atoms in total. The molecule has 3 aromatic carbocycles. The van der Waals surface area contributed by atoms with Gasteiger partial charge in [0.1, 0.15) is 24.1 Å². The zero-order chi connectivity index (χ0) is 28.8. The number of para-hydroxylation sites is 2. The monoisotopic (exact) mass is 569 g/mol. The van der Waals surface area contributed by atoms with Gasteiger partial charge in [0, 0.05) is 11.4 Å². The van der Waals surface area contributed by atoms with Gasteiger partial charge in [-0.25, -0.2) is 4.68 Å². The first kappa shape index (κ1) is 28.3. The van der Waals surface area contributed by atoms with Gasteiger partial charge in [0.05, 0.1) is 17.9 Å². The van der Waals surface area contributed by atoms with E-state index in [0.29, 0.717) is 52.8 Å². The van der Waals surface area contributed by atoms with Crippen molar-refractivity contribution in [1.82, 2.24) is 14.8 Å². The third kappa shape index (κ3) is 6.57. The number of thioether (sulfide) groups is 1. The molecule has 0 saturated carbocycles. The molecule has 1 unspecified atom stereocenters. The van der Waals surface area contributed by atoms with E-state index in [-0.39, 0.29) is 5.91 Å². The maximum Gasteiger partial charge on any atom is 0.255 e. The lowest BCUT2D eigenvalue weighted by Crippen LogP contribution is -2.31. The number of nitrogens with zero attached hydrogens (tertiary/aromatic N) is 3. The number of amides is 1. The Bertz CT molecular complexity index is 1550. The maximum absolute atomic E-state index is 14.0. The van der Waals surface area contributed by atoms with Crippen LogP contribution >= 0.6 is 11.8 Å². The van der Waals surface area contributed by atoms with E-state index in [1.54, 1.807) is 16.4 Å². The SMILES string of the molecule is CCCSc1nc2n(n1)C(c1cccc(OCc3ccc(C)cc3)c1)C(C(=O)Nc1ccccc1OCC)=C(C)N2. The fourth-order valence-electron chi connectivity index (χ4n) is 4.65. The highest BCUT2D eigenvalue weighted by Crippen LogP contribution is 2.38. The van der Waals surface area contributed by atoms with Crippen molar-refractivity contribution in [3.63, 3.8) is 0 Å². The number of hydrogen-bond donors (Lipinski definition) is 2. The summed E-state index contributed by atoms with van der Waals surface area (Å²) >= 11 is 1.60. The van der Waals surface area contributed by atoms with E-state index in [4.69, 9.17) is 19.6 Å². The lowest BCUT2D eigenvalue weighted by molar-refractivity contribution is -0.113. The maximum atomic E-state index is 14.0. The van der Waals surface area contributed by atoms with E-state index < -0.39 is 6.04 Å². The molecule has 0 radical (unpaired) electrons. The van der Waals surface area contributed by atoms with Gasteiger partial charge >= 0.3 is 0 Å². The molecule has 0 aliphatic carbocycles. The van der Waals surface area contributed by atoms with Crippen LogP contribution in [0, 0.1) is 6.92 Å². The second kappa shape index (κ2) is 13.0. The average molecular weight is 570 g/mol. The molecule has 1 amide bonds. The minimum atomic E-state index is -0.517. The third-order valence-corrected chi connectivity index (χ3v) is 7.69. The largest absolute Gasteiger partial charge is 0.492 e. The minimum absolute atomic E-state index is 0.248. The average Bonchev–Trinajstić information content (AvgIpc) is 3.38. The van der Waals surface area contributed by atoms with Crippen molar-refractivity contribution in [2.24, 2.45) is 0 Å². The summed E-state index contributed by atoms with van der Waals surface area (Å²) in [5.41, 5.74) is 5.02. The number of carbonyl (C=O) groups is 1. The number of carbonyl (C=O) groups excluding carboxylic acids is 1. The molecule has 2 N–H and O–H groups in total. The number of nitrogens with one attached hydrogen (secondary N) is 2. The molecule has 4 aromatic rings. The summed E-state index contributed by atoms with van der Waals surface area (Å²) in [5.74, 6) is 2.59. The van der Waals surface area contributed by atoms with E-state index in [1.807, 2.05) is 62.4 Å². The molecule has 1 atom stereocenters. The smallest absolute Gasteiger partial charge is 0.255 e. The Balaban J connectivity index is 1.49. The van der Waals surface area contributed by atoms with Crippen LogP contribution in [0.15, 0.2) is 89.2 Å². The number of aryl methyl sites for hydroxylation is 1. The highest BCUT2D eigenvalue weighted by atomic mass is 32.2. The van der Waals surface area contributed by atoms with Gasteiger partial charge in [-0.1, -0.05) is 72.8 Å². The highest BCUT2D eigenvalue weighted by Gasteiger charge is 2.35. The van der Waals surface area contributed by atoms with Gasteiger partial charge in [-0.15, -0.1) is 5.10 Å². The van der Waals surface area contributed by atoms with Crippen LogP contribution in [0.4, 0.5) is 11.6 Å². The number of ether oxygens (including phenoxy) is 2. The van der Waals surface area contributed by atoms with Crippen molar-refractivity contribution < 1.29 is 14.3 Å². The van der Waals surface area contributed by atoms with Crippen LogP contribution in [-0.4, -0.2) is 33.0 Å². The van der Waals surface area contributed by atoms with Gasteiger partial charge < -0.3 is 20.1 Å². The number of aromatic nitrogens is 3. The quantitative estimate of drug-likeness (QED) is 0.188. The molecule has 1 aliphatic heterocycles. The zero-order valence-electron chi connectivity index (χ0n) is 23.8. The Labute approximate surface area is 245 Å². The lowest BCUT2D eigenvalue weighted by Gasteiger charge is -2.29. The molecule has 2 heterocycles.